The van der Waals surface area contributed by atoms with E-state index in [0.717, 1.165) is 21.8 Å². The minimum absolute atomic E-state index is 0.0918. The Hall–Kier alpha value is -2.93. The van der Waals surface area contributed by atoms with Gasteiger partial charge < -0.3 is 14.8 Å². The summed E-state index contributed by atoms with van der Waals surface area (Å²) in [6.07, 6.45) is 3.72. The number of amides is 1. The number of ether oxygens (including phenoxy) is 2. The molecule has 2 aromatic heterocycles. The highest BCUT2D eigenvalue weighted by Gasteiger charge is 2.11. The molecule has 0 saturated carbocycles. The van der Waals surface area contributed by atoms with Gasteiger partial charge in [-0.2, -0.15) is 0 Å². The predicted octanol–water partition coefficient (Wildman–Crippen LogP) is 3.08. The number of nitrogens with one attached hydrogen (secondary N) is 1. The first-order chi connectivity index (χ1) is 12.7. The summed E-state index contributed by atoms with van der Waals surface area (Å²) in [5.74, 6) is 1.30. The highest BCUT2D eigenvalue weighted by molar-refractivity contribution is 7.13. The van der Waals surface area contributed by atoms with Crippen molar-refractivity contribution in [2.24, 2.45) is 0 Å². The fourth-order valence-electron chi connectivity index (χ4n) is 2.43. The summed E-state index contributed by atoms with van der Waals surface area (Å²) in [5, 5.41) is 5.66. The summed E-state index contributed by atoms with van der Waals surface area (Å²) >= 11 is 1.50. The zero-order valence-electron chi connectivity index (χ0n) is 14.6. The van der Waals surface area contributed by atoms with Gasteiger partial charge in [0.15, 0.2) is 0 Å². The number of methoxy groups -OCH3 is 2. The quantitative estimate of drug-likeness (QED) is 0.693. The molecule has 1 aromatic carbocycles. The van der Waals surface area contributed by atoms with Gasteiger partial charge in [0.25, 0.3) is 0 Å². The molecule has 0 saturated heterocycles. The summed E-state index contributed by atoms with van der Waals surface area (Å²) in [4.78, 5) is 20.8. The van der Waals surface area contributed by atoms with Crippen molar-refractivity contribution in [1.29, 1.82) is 0 Å². The molecule has 0 spiro atoms. The second-order valence-electron chi connectivity index (χ2n) is 5.52. The molecule has 0 bridgehead atoms. The van der Waals surface area contributed by atoms with Gasteiger partial charge in [0.1, 0.15) is 16.5 Å². The molecule has 0 fully saturated rings. The standard InChI is InChI=1S/C19H19N3O3S/c1-24-16-6-5-13(17(9-16)25-2)11-21-18(23)8-15-12-26-19(22-15)14-4-3-7-20-10-14/h3-7,9-10,12H,8,11H2,1-2H3,(H,21,23). The smallest absolute Gasteiger partial charge is 0.226 e. The maximum atomic E-state index is 12.2. The highest BCUT2D eigenvalue weighted by Crippen LogP contribution is 2.25. The third-order valence-corrected chi connectivity index (χ3v) is 4.71. The average Bonchev–Trinajstić information content (AvgIpc) is 3.15. The van der Waals surface area contributed by atoms with E-state index in [4.69, 9.17) is 9.47 Å². The second-order valence-corrected chi connectivity index (χ2v) is 6.38. The lowest BCUT2D eigenvalue weighted by Gasteiger charge is -2.11. The van der Waals surface area contributed by atoms with Crippen LogP contribution in [-0.4, -0.2) is 30.1 Å². The number of thiazole rings is 1. The zero-order chi connectivity index (χ0) is 18.4. The van der Waals surface area contributed by atoms with Crippen molar-refractivity contribution in [2.75, 3.05) is 14.2 Å². The van der Waals surface area contributed by atoms with Crippen LogP contribution in [0.3, 0.4) is 0 Å². The molecule has 1 amide bonds. The number of aromatic nitrogens is 2. The fourth-order valence-corrected chi connectivity index (χ4v) is 3.24. The minimum atomic E-state index is -0.0918. The molecule has 0 aliphatic carbocycles. The Morgan fingerprint density at radius 2 is 2.12 bits per heavy atom. The van der Waals surface area contributed by atoms with E-state index in [-0.39, 0.29) is 12.3 Å². The molecular weight excluding hydrogens is 350 g/mol. The van der Waals surface area contributed by atoms with Crippen LogP contribution < -0.4 is 14.8 Å². The topological polar surface area (TPSA) is 73.3 Å². The van der Waals surface area contributed by atoms with Gasteiger partial charge in [-0.25, -0.2) is 4.98 Å². The summed E-state index contributed by atoms with van der Waals surface area (Å²) in [6, 6.07) is 9.32. The Kier molecular flexibility index (Phi) is 5.80. The molecule has 1 N–H and O–H groups in total. The molecule has 134 valence electrons. The van der Waals surface area contributed by atoms with Crippen LogP contribution in [0, 0.1) is 0 Å². The molecule has 0 radical (unpaired) electrons. The van der Waals surface area contributed by atoms with Gasteiger partial charge in [-0.15, -0.1) is 11.3 Å². The van der Waals surface area contributed by atoms with Crippen molar-refractivity contribution in [3.8, 4) is 22.1 Å². The number of hydrogen-bond donors (Lipinski definition) is 1. The number of benzene rings is 1. The van der Waals surface area contributed by atoms with Crippen LogP contribution in [0.1, 0.15) is 11.3 Å². The van der Waals surface area contributed by atoms with Crippen LogP contribution in [-0.2, 0) is 17.8 Å². The first kappa shape index (κ1) is 17.9. The maximum absolute atomic E-state index is 12.2. The van der Waals surface area contributed by atoms with Crippen LogP contribution in [0.15, 0.2) is 48.1 Å². The molecule has 3 rings (SSSR count). The molecule has 0 unspecified atom stereocenters. The summed E-state index contributed by atoms with van der Waals surface area (Å²) in [7, 11) is 3.19. The van der Waals surface area contributed by atoms with Crippen molar-refractivity contribution in [2.45, 2.75) is 13.0 Å². The lowest BCUT2D eigenvalue weighted by molar-refractivity contribution is -0.120. The normalized spacial score (nSPS) is 10.4. The van der Waals surface area contributed by atoms with Crippen LogP contribution >= 0.6 is 11.3 Å². The van der Waals surface area contributed by atoms with Crippen LogP contribution in [0.2, 0.25) is 0 Å². The highest BCUT2D eigenvalue weighted by atomic mass is 32.1. The Bertz CT molecular complexity index is 881. The van der Waals surface area contributed by atoms with E-state index in [1.165, 1.54) is 11.3 Å². The predicted molar refractivity (Wildman–Crippen MR) is 100 cm³/mol. The number of nitrogens with zero attached hydrogens (tertiary/aromatic N) is 2. The third kappa shape index (κ3) is 4.37. The zero-order valence-corrected chi connectivity index (χ0v) is 15.4. The second kappa shape index (κ2) is 8.44. The van der Waals surface area contributed by atoms with E-state index in [9.17, 15) is 4.79 Å². The molecular formula is C19H19N3O3S. The number of carbonyl (C=O) groups excluding carboxylic acids is 1. The van der Waals surface area contributed by atoms with E-state index in [0.29, 0.717) is 18.0 Å². The molecule has 2 heterocycles. The summed E-state index contributed by atoms with van der Waals surface area (Å²) < 4.78 is 10.5. The summed E-state index contributed by atoms with van der Waals surface area (Å²) in [6.45, 7) is 0.381. The molecule has 3 aromatic rings. The van der Waals surface area contributed by atoms with Crippen LogP contribution in [0.5, 0.6) is 11.5 Å². The number of pyridine rings is 1. The lowest BCUT2D eigenvalue weighted by Crippen LogP contribution is -2.24. The third-order valence-electron chi connectivity index (χ3n) is 3.77. The molecule has 0 aliphatic heterocycles. The van der Waals surface area contributed by atoms with Gasteiger partial charge in [-0.05, 0) is 24.3 Å². The maximum Gasteiger partial charge on any atom is 0.226 e. The monoisotopic (exact) mass is 369 g/mol. The Morgan fingerprint density at radius 1 is 1.23 bits per heavy atom. The van der Waals surface area contributed by atoms with Gasteiger partial charge in [-0.1, -0.05) is 0 Å². The van der Waals surface area contributed by atoms with E-state index in [2.05, 4.69) is 15.3 Å². The molecule has 26 heavy (non-hydrogen) atoms. The molecule has 6 nitrogen and oxygen atoms in total. The number of hydrogen-bond acceptors (Lipinski definition) is 6. The minimum Gasteiger partial charge on any atom is -0.497 e. The van der Waals surface area contributed by atoms with E-state index < -0.39 is 0 Å². The largest absolute Gasteiger partial charge is 0.497 e. The van der Waals surface area contributed by atoms with E-state index in [1.807, 2.05) is 29.6 Å². The lowest BCUT2D eigenvalue weighted by atomic mass is 10.2. The molecule has 7 heteroatoms. The first-order valence-corrected chi connectivity index (χ1v) is 8.90. The molecule has 0 atom stereocenters. The van der Waals surface area contributed by atoms with Gasteiger partial charge >= 0.3 is 0 Å². The van der Waals surface area contributed by atoms with Crippen molar-refractivity contribution in [1.82, 2.24) is 15.3 Å². The Morgan fingerprint density at radius 3 is 2.85 bits per heavy atom. The van der Waals surface area contributed by atoms with Crippen molar-refractivity contribution in [3.05, 3.63) is 59.4 Å². The SMILES string of the molecule is COc1ccc(CNC(=O)Cc2csc(-c3cccnc3)n2)c(OC)c1. The number of carbonyl (C=O) groups is 1. The average molecular weight is 369 g/mol. The van der Waals surface area contributed by atoms with E-state index in [1.54, 1.807) is 32.7 Å². The fraction of sp³-hybridized carbons (Fsp3) is 0.211. The van der Waals surface area contributed by atoms with Crippen molar-refractivity contribution < 1.29 is 14.3 Å². The molecule has 0 aliphatic rings. The first-order valence-electron chi connectivity index (χ1n) is 8.02. The Balaban J connectivity index is 1.59. The van der Waals surface area contributed by atoms with Gasteiger partial charge in [-0.3, -0.25) is 9.78 Å². The summed E-state index contributed by atoms with van der Waals surface area (Å²) in [5.41, 5.74) is 2.58. The van der Waals surface area contributed by atoms with Gasteiger partial charge in [0, 0.05) is 41.5 Å². The van der Waals surface area contributed by atoms with Crippen molar-refractivity contribution >= 4 is 17.2 Å². The van der Waals surface area contributed by atoms with Gasteiger partial charge in [0.2, 0.25) is 5.91 Å². The number of rotatable bonds is 7. The van der Waals surface area contributed by atoms with Crippen molar-refractivity contribution in [3.63, 3.8) is 0 Å². The van der Waals surface area contributed by atoms with Gasteiger partial charge in [0.05, 0.1) is 26.3 Å². The van der Waals surface area contributed by atoms with Crippen LogP contribution in [0.25, 0.3) is 10.6 Å². The Labute approximate surface area is 155 Å². The van der Waals surface area contributed by atoms with E-state index >= 15 is 0 Å². The van der Waals surface area contributed by atoms with Crippen LogP contribution in [0.4, 0.5) is 0 Å².